The minimum atomic E-state index is -2.45. The van der Waals surface area contributed by atoms with Crippen molar-refractivity contribution in [1.82, 2.24) is 10.3 Å². The molecule has 4 heteroatoms. The molecule has 1 aliphatic rings. The molecule has 1 N–H and O–H groups in total. The summed E-state index contributed by atoms with van der Waals surface area (Å²) in [5.41, 5.74) is 2.19. The van der Waals surface area contributed by atoms with E-state index in [-0.39, 0.29) is 24.8 Å². The molecular weight excluding hydrogens is 234 g/mol. The van der Waals surface area contributed by atoms with E-state index in [0.717, 1.165) is 17.5 Å². The minimum Gasteiger partial charge on any atom is -0.313 e. The van der Waals surface area contributed by atoms with Crippen LogP contribution in [0.1, 0.15) is 42.9 Å². The number of alkyl halides is 2. The first kappa shape index (κ1) is 13.4. The lowest BCUT2D eigenvalue weighted by atomic mass is 9.94. The van der Waals surface area contributed by atoms with E-state index >= 15 is 0 Å². The normalized spacial score (nSPS) is 24.1. The first-order valence-corrected chi connectivity index (χ1v) is 6.47. The van der Waals surface area contributed by atoms with Crippen molar-refractivity contribution < 1.29 is 8.78 Å². The molecule has 1 aromatic rings. The lowest BCUT2D eigenvalue weighted by Gasteiger charge is -2.20. The van der Waals surface area contributed by atoms with Gasteiger partial charge in [0.15, 0.2) is 0 Å². The second-order valence-electron chi connectivity index (χ2n) is 5.34. The van der Waals surface area contributed by atoms with Crippen molar-refractivity contribution in [3.8, 4) is 0 Å². The summed E-state index contributed by atoms with van der Waals surface area (Å²) in [7, 11) is 1.88. The van der Waals surface area contributed by atoms with Gasteiger partial charge in [-0.2, -0.15) is 0 Å². The summed E-state index contributed by atoms with van der Waals surface area (Å²) in [5, 5.41) is 3.21. The molecular formula is C14H20F2N2. The van der Waals surface area contributed by atoms with Crippen LogP contribution in [0.15, 0.2) is 18.5 Å². The van der Waals surface area contributed by atoms with Crippen molar-refractivity contribution in [1.29, 1.82) is 0 Å². The zero-order valence-corrected chi connectivity index (χ0v) is 10.9. The molecule has 1 heterocycles. The predicted molar refractivity (Wildman–Crippen MR) is 67.7 cm³/mol. The molecule has 0 bridgehead atoms. The Morgan fingerprint density at radius 2 is 2.28 bits per heavy atom. The lowest BCUT2D eigenvalue weighted by Crippen LogP contribution is -2.20. The maximum Gasteiger partial charge on any atom is 0.248 e. The number of aromatic nitrogens is 1. The summed E-state index contributed by atoms with van der Waals surface area (Å²) in [6.07, 6.45) is 5.09. The second kappa shape index (κ2) is 5.31. The summed E-state index contributed by atoms with van der Waals surface area (Å²) < 4.78 is 26.4. The van der Waals surface area contributed by atoms with Crippen LogP contribution >= 0.6 is 0 Å². The molecule has 2 nitrogen and oxygen atoms in total. The largest absolute Gasteiger partial charge is 0.313 e. The monoisotopic (exact) mass is 254 g/mol. The van der Waals surface area contributed by atoms with Gasteiger partial charge >= 0.3 is 0 Å². The minimum absolute atomic E-state index is 0.0322. The van der Waals surface area contributed by atoms with Crippen molar-refractivity contribution in [3.63, 3.8) is 0 Å². The van der Waals surface area contributed by atoms with Gasteiger partial charge in [-0.15, -0.1) is 0 Å². The van der Waals surface area contributed by atoms with Crippen molar-refractivity contribution in [2.45, 2.75) is 44.6 Å². The predicted octanol–water partition coefficient (Wildman–Crippen LogP) is 3.48. The first-order valence-electron chi connectivity index (χ1n) is 6.47. The summed E-state index contributed by atoms with van der Waals surface area (Å²) >= 11 is 0. The van der Waals surface area contributed by atoms with Gasteiger partial charge in [0.05, 0.1) is 0 Å². The van der Waals surface area contributed by atoms with E-state index in [2.05, 4.69) is 16.4 Å². The van der Waals surface area contributed by atoms with Gasteiger partial charge in [-0.3, -0.25) is 4.98 Å². The molecule has 0 aromatic carbocycles. The van der Waals surface area contributed by atoms with Crippen LogP contribution in [0.2, 0.25) is 0 Å². The number of nitrogens with one attached hydrogen (secondary N) is 1. The van der Waals surface area contributed by atoms with Gasteiger partial charge in [0.25, 0.3) is 0 Å². The zero-order valence-electron chi connectivity index (χ0n) is 10.9. The molecule has 2 rings (SSSR count). The fourth-order valence-corrected chi connectivity index (χ4v) is 2.77. The van der Waals surface area contributed by atoms with Crippen LogP contribution in [-0.4, -0.2) is 18.0 Å². The number of pyridine rings is 1. The highest BCUT2D eigenvalue weighted by molar-refractivity contribution is 5.20. The molecule has 1 aliphatic carbocycles. The Hall–Kier alpha value is -1.03. The summed E-state index contributed by atoms with van der Waals surface area (Å²) in [6.45, 7) is 1.99. The maximum atomic E-state index is 13.2. The van der Waals surface area contributed by atoms with Gasteiger partial charge in [-0.25, -0.2) is 8.78 Å². The number of aryl methyl sites for hydroxylation is 1. The van der Waals surface area contributed by atoms with Gasteiger partial charge in [-0.1, -0.05) is 6.07 Å². The van der Waals surface area contributed by atoms with Crippen LogP contribution in [0, 0.1) is 12.8 Å². The van der Waals surface area contributed by atoms with Gasteiger partial charge in [0.1, 0.15) is 0 Å². The standard InChI is InChI=1S/C14H20F2N2/c1-10-5-12(9-18-8-10)13(17-2)6-11-3-4-14(15,16)7-11/h5,8-9,11,13,17H,3-4,6-7H2,1-2H3. The van der Waals surface area contributed by atoms with E-state index in [1.165, 1.54) is 0 Å². The van der Waals surface area contributed by atoms with Crippen molar-refractivity contribution in [2.24, 2.45) is 5.92 Å². The second-order valence-corrected chi connectivity index (χ2v) is 5.34. The smallest absolute Gasteiger partial charge is 0.248 e. The van der Waals surface area contributed by atoms with Crippen LogP contribution < -0.4 is 5.32 Å². The molecule has 1 saturated carbocycles. The van der Waals surface area contributed by atoms with Crippen molar-refractivity contribution in [3.05, 3.63) is 29.6 Å². The Balaban J connectivity index is 2.02. The van der Waals surface area contributed by atoms with Crippen LogP contribution in [0.4, 0.5) is 8.78 Å². The van der Waals surface area contributed by atoms with Gasteiger partial charge in [0.2, 0.25) is 5.92 Å². The third kappa shape index (κ3) is 3.25. The van der Waals surface area contributed by atoms with Gasteiger partial charge in [0, 0.05) is 31.3 Å². The molecule has 0 amide bonds. The molecule has 0 saturated heterocycles. The Morgan fingerprint density at radius 1 is 1.50 bits per heavy atom. The number of nitrogens with zero attached hydrogens (tertiary/aromatic N) is 1. The molecule has 100 valence electrons. The average molecular weight is 254 g/mol. The topological polar surface area (TPSA) is 24.9 Å². The van der Waals surface area contributed by atoms with Crippen LogP contribution in [0.5, 0.6) is 0 Å². The number of rotatable bonds is 4. The summed E-state index contributed by atoms with van der Waals surface area (Å²) in [5.74, 6) is -2.34. The zero-order chi connectivity index (χ0) is 13.2. The number of hydrogen-bond donors (Lipinski definition) is 1. The molecule has 0 spiro atoms. The summed E-state index contributed by atoms with van der Waals surface area (Å²) in [4.78, 5) is 4.17. The quantitative estimate of drug-likeness (QED) is 0.889. The number of hydrogen-bond acceptors (Lipinski definition) is 2. The highest BCUT2D eigenvalue weighted by Gasteiger charge is 2.39. The van der Waals surface area contributed by atoms with E-state index < -0.39 is 5.92 Å². The third-order valence-electron chi connectivity index (χ3n) is 3.72. The molecule has 2 atom stereocenters. The Labute approximate surface area is 107 Å². The van der Waals surface area contributed by atoms with E-state index in [4.69, 9.17) is 0 Å². The molecule has 18 heavy (non-hydrogen) atoms. The molecule has 1 aromatic heterocycles. The van der Waals surface area contributed by atoms with E-state index in [1.807, 2.05) is 20.2 Å². The van der Waals surface area contributed by atoms with Crippen LogP contribution in [-0.2, 0) is 0 Å². The molecule has 0 radical (unpaired) electrons. The molecule has 2 unspecified atom stereocenters. The Kier molecular flexibility index (Phi) is 3.95. The third-order valence-corrected chi connectivity index (χ3v) is 3.72. The van der Waals surface area contributed by atoms with E-state index in [1.54, 1.807) is 6.20 Å². The van der Waals surface area contributed by atoms with E-state index in [9.17, 15) is 8.78 Å². The maximum absolute atomic E-state index is 13.2. The Morgan fingerprint density at radius 3 is 2.83 bits per heavy atom. The van der Waals surface area contributed by atoms with Gasteiger partial charge < -0.3 is 5.32 Å². The van der Waals surface area contributed by atoms with E-state index in [0.29, 0.717) is 6.42 Å². The lowest BCUT2D eigenvalue weighted by molar-refractivity contribution is 0.00433. The summed E-state index contributed by atoms with van der Waals surface area (Å²) in [6, 6.07) is 2.19. The van der Waals surface area contributed by atoms with Crippen LogP contribution in [0.25, 0.3) is 0 Å². The Bertz CT molecular complexity index is 407. The van der Waals surface area contributed by atoms with Crippen molar-refractivity contribution in [2.75, 3.05) is 7.05 Å². The highest BCUT2D eigenvalue weighted by atomic mass is 19.3. The highest BCUT2D eigenvalue weighted by Crippen LogP contribution is 2.42. The SMILES string of the molecule is CNC(CC1CCC(F)(F)C1)c1cncc(C)c1. The van der Waals surface area contributed by atoms with Crippen molar-refractivity contribution >= 4 is 0 Å². The molecule has 1 fully saturated rings. The van der Waals surface area contributed by atoms with Gasteiger partial charge in [-0.05, 0) is 43.9 Å². The fraction of sp³-hybridized carbons (Fsp3) is 0.643. The average Bonchev–Trinajstić information content (AvgIpc) is 2.65. The first-order chi connectivity index (χ1) is 8.50. The van der Waals surface area contributed by atoms with Crippen LogP contribution in [0.3, 0.4) is 0 Å². The fourth-order valence-electron chi connectivity index (χ4n) is 2.77. The molecule has 0 aliphatic heterocycles. The number of halogens is 2.